The zero-order valence-corrected chi connectivity index (χ0v) is 18.9. The van der Waals surface area contributed by atoms with Gasteiger partial charge in [-0.25, -0.2) is 4.98 Å². The van der Waals surface area contributed by atoms with Gasteiger partial charge in [0.05, 0.1) is 31.0 Å². The van der Waals surface area contributed by atoms with E-state index in [2.05, 4.69) is 12.2 Å². The molecule has 0 unspecified atom stereocenters. The second-order valence-corrected chi connectivity index (χ2v) is 9.24. The third kappa shape index (κ3) is 3.70. The van der Waals surface area contributed by atoms with Crippen LogP contribution in [0, 0.1) is 17.8 Å². The van der Waals surface area contributed by atoms with Gasteiger partial charge in [0.1, 0.15) is 11.5 Å². The number of fused-ring (bicyclic) bond motifs is 3. The van der Waals surface area contributed by atoms with Crippen LogP contribution in [0.3, 0.4) is 0 Å². The number of nitrogens with zero attached hydrogens (tertiary/aromatic N) is 1. The van der Waals surface area contributed by atoms with Crippen molar-refractivity contribution in [2.45, 2.75) is 38.6 Å². The van der Waals surface area contributed by atoms with E-state index in [1.807, 2.05) is 48.5 Å². The Bertz CT molecular complexity index is 1160. The summed E-state index contributed by atoms with van der Waals surface area (Å²) >= 11 is 0. The third-order valence-electron chi connectivity index (χ3n) is 7.44. The van der Waals surface area contributed by atoms with Crippen LogP contribution in [0.15, 0.2) is 48.5 Å². The summed E-state index contributed by atoms with van der Waals surface area (Å²) in [5.41, 5.74) is 2.98. The van der Waals surface area contributed by atoms with Gasteiger partial charge in [-0.15, -0.1) is 0 Å². The molecule has 5 heteroatoms. The summed E-state index contributed by atoms with van der Waals surface area (Å²) in [6, 6.07) is 15.5. The molecule has 0 radical (unpaired) electrons. The first-order valence-electron chi connectivity index (χ1n) is 11.5. The van der Waals surface area contributed by atoms with Gasteiger partial charge < -0.3 is 14.8 Å². The summed E-state index contributed by atoms with van der Waals surface area (Å²) in [4.78, 5) is 18.3. The van der Waals surface area contributed by atoms with Crippen molar-refractivity contribution in [1.82, 2.24) is 10.3 Å². The van der Waals surface area contributed by atoms with E-state index in [0.717, 1.165) is 28.3 Å². The molecule has 5 nitrogen and oxygen atoms in total. The van der Waals surface area contributed by atoms with Crippen molar-refractivity contribution in [2.75, 3.05) is 14.2 Å². The highest BCUT2D eigenvalue weighted by atomic mass is 16.5. The number of benzene rings is 2. The summed E-state index contributed by atoms with van der Waals surface area (Å²) in [5, 5.41) is 4.19. The molecule has 1 aromatic heterocycles. The average molecular weight is 431 g/mol. The molecule has 4 atom stereocenters. The largest absolute Gasteiger partial charge is 0.497 e. The first kappa shape index (κ1) is 20.8. The molecule has 0 saturated heterocycles. The number of methoxy groups -OCH3 is 2. The van der Waals surface area contributed by atoms with E-state index in [1.54, 1.807) is 14.2 Å². The predicted octanol–water partition coefficient (Wildman–Crippen LogP) is 5.47. The van der Waals surface area contributed by atoms with E-state index >= 15 is 0 Å². The number of pyridine rings is 1. The Morgan fingerprint density at radius 2 is 1.91 bits per heavy atom. The van der Waals surface area contributed by atoms with Crippen molar-refractivity contribution in [1.29, 1.82) is 0 Å². The predicted molar refractivity (Wildman–Crippen MR) is 126 cm³/mol. The zero-order chi connectivity index (χ0) is 22.2. The van der Waals surface area contributed by atoms with Crippen LogP contribution >= 0.6 is 0 Å². The second-order valence-electron chi connectivity index (χ2n) is 9.24. The fourth-order valence-electron chi connectivity index (χ4n) is 5.81. The van der Waals surface area contributed by atoms with Crippen LogP contribution in [0.2, 0.25) is 0 Å². The standard InChI is InChI=1S/C27H30N2O3/c1-16(22-13-17-8-9-18(22)12-17)28-27(30)23-15-25(29-24-7-5-4-6-20(23)24)21-11-10-19(31-2)14-26(21)32-3/h4-7,10-11,14-18,22H,8-9,12-13H2,1-3H3,(H,28,30)/t16-,17+,18+,22+/m0/s1. The quantitative estimate of drug-likeness (QED) is 0.563. The smallest absolute Gasteiger partial charge is 0.252 e. The number of hydrogen-bond acceptors (Lipinski definition) is 4. The maximum Gasteiger partial charge on any atom is 0.252 e. The molecule has 1 amide bonds. The number of aromatic nitrogens is 1. The van der Waals surface area contributed by atoms with E-state index in [4.69, 9.17) is 14.5 Å². The Morgan fingerprint density at radius 1 is 1.06 bits per heavy atom. The summed E-state index contributed by atoms with van der Waals surface area (Å²) in [6.45, 7) is 2.17. The molecule has 5 rings (SSSR count). The number of para-hydroxylation sites is 1. The fraction of sp³-hybridized carbons (Fsp3) is 0.407. The number of ether oxygens (including phenoxy) is 2. The molecule has 0 aliphatic heterocycles. The van der Waals surface area contributed by atoms with Crippen LogP contribution in [-0.4, -0.2) is 31.2 Å². The number of rotatable bonds is 6. The van der Waals surface area contributed by atoms with Crippen LogP contribution in [0.5, 0.6) is 11.5 Å². The normalized spacial score (nSPS) is 22.7. The average Bonchev–Trinajstić information content (AvgIpc) is 3.47. The SMILES string of the molecule is COc1ccc(-c2cc(C(=O)N[C@@H](C)[C@H]3C[C@@H]4CC[C@@H]3C4)c3ccccc3n2)c(OC)c1. The Morgan fingerprint density at radius 3 is 2.62 bits per heavy atom. The number of carbonyl (C=O) groups excluding carboxylic acids is 1. The number of nitrogens with one attached hydrogen (secondary N) is 1. The van der Waals surface area contributed by atoms with Gasteiger partial charge in [0.2, 0.25) is 0 Å². The molecular formula is C27H30N2O3. The van der Waals surface area contributed by atoms with E-state index < -0.39 is 0 Å². The van der Waals surface area contributed by atoms with Crippen molar-refractivity contribution in [2.24, 2.45) is 17.8 Å². The van der Waals surface area contributed by atoms with Gasteiger partial charge in [0, 0.05) is 23.1 Å². The lowest BCUT2D eigenvalue weighted by molar-refractivity contribution is 0.0917. The van der Waals surface area contributed by atoms with Crippen molar-refractivity contribution in [3.05, 3.63) is 54.1 Å². The third-order valence-corrected chi connectivity index (χ3v) is 7.44. The Hall–Kier alpha value is -3.08. The minimum absolute atomic E-state index is 0.0346. The van der Waals surface area contributed by atoms with Crippen molar-refractivity contribution >= 4 is 16.8 Å². The van der Waals surface area contributed by atoms with Gasteiger partial charge in [0.25, 0.3) is 5.91 Å². The van der Waals surface area contributed by atoms with E-state index in [9.17, 15) is 4.79 Å². The molecule has 0 spiro atoms. The van der Waals surface area contributed by atoms with Crippen LogP contribution in [0.1, 0.15) is 43.0 Å². The van der Waals surface area contributed by atoms with Gasteiger partial charge in [-0.3, -0.25) is 4.79 Å². The molecule has 2 aliphatic rings. The Balaban J connectivity index is 1.51. The topological polar surface area (TPSA) is 60.5 Å². The lowest BCUT2D eigenvalue weighted by Crippen LogP contribution is -2.40. The number of amides is 1. The molecular weight excluding hydrogens is 400 g/mol. The summed E-state index contributed by atoms with van der Waals surface area (Å²) in [5.74, 6) is 3.56. The highest BCUT2D eigenvalue weighted by Crippen LogP contribution is 2.49. The fourth-order valence-corrected chi connectivity index (χ4v) is 5.81. The molecule has 1 N–H and O–H groups in total. The van der Waals surface area contributed by atoms with Crippen LogP contribution in [-0.2, 0) is 0 Å². The number of carbonyl (C=O) groups is 1. The number of hydrogen-bond donors (Lipinski definition) is 1. The minimum Gasteiger partial charge on any atom is -0.497 e. The van der Waals surface area contributed by atoms with E-state index in [1.165, 1.54) is 25.7 Å². The van der Waals surface area contributed by atoms with Crippen LogP contribution in [0.4, 0.5) is 0 Å². The van der Waals surface area contributed by atoms with E-state index in [-0.39, 0.29) is 11.9 Å². The van der Waals surface area contributed by atoms with Gasteiger partial charge in [-0.2, -0.15) is 0 Å². The molecule has 2 saturated carbocycles. The van der Waals surface area contributed by atoms with Crippen molar-refractivity contribution in [3.8, 4) is 22.8 Å². The monoisotopic (exact) mass is 430 g/mol. The lowest BCUT2D eigenvalue weighted by atomic mass is 9.84. The molecule has 32 heavy (non-hydrogen) atoms. The van der Waals surface area contributed by atoms with E-state index in [0.29, 0.717) is 28.7 Å². The van der Waals surface area contributed by atoms with Gasteiger partial charge in [0.15, 0.2) is 0 Å². The maximum absolute atomic E-state index is 13.5. The lowest BCUT2D eigenvalue weighted by Gasteiger charge is -2.28. The molecule has 3 aromatic rings. The maximum atomic E-state index is 13.5. The molecule has 2 aliphatic carbocycles. The highest BCUT2D eigenvalue weighted by molar-refractivity contribution is 6.07. The molecule has 2 aromatic carbocycles. The zero-order valence-electron chi connectivity index (χ0n) is 18.9. The Labute approximate surface area is 189 Å². The first-order chi connectivity index (χ1) is 15.6. The van der Waals surface area contributed by atoms with Crippen LogP contribution in [0.25, 0.3) is 22.2 Å². The highest BCUT2D eigenvalue weighted by Gasteiger charge is 2.42. The molecule has 166 valence electrons. The Kier molecular flexibility index (Phi) is 5.50. The summed E-state index contributed by atoms with van der Waals surface area (Å²) in [7, 11) is 3.26. The summed E-state index contributed by atoms with van der Waals surface area (Å²) in [6.07, 6.45) is 5.26. The van der Waals surface area contributed by atoms with Gasteiger partial charge >= 0.3 is 0 Å². The van der Waals surface area contributed by atoms with Gasteiger partial charge in [-0.1, -0.05) is 24.6 Å². The second kappa shape index (κ2) is 8.45. The molecule has 2 fully saturated rings. The molecule has 1 heterocycles. The first-order valence-corrected chi connectivity index (χ1v) is 11.5. The minimum atomic E-state index is -0.0346. The summed E-state index contributed by atoms with van der Waals surface area (Å²) < 4.78 is 10.9. The van der Waals surface area contributed by atoms with Gasteiger partial charge in [-0.05, 0) is 68.2 Å². The van der Waals surface area contributed by atoms with Crippen molar-refractivity contribution in [3.63, 3.8) is 0 Å². The molecule has 2 bridgehead atoms. The van der Waals surface area contributed by atoms with Crippen molar-refractivity contribution < 1.29 is 14.3 Å². The van der Waals surface area contributed by atoms with Crippen LogP contribution < -0.4 is 14.8 Å².